The lowest BCUT2D eigenvalue weighted by Crippen LogP contribution is -2.02. The standard InChI is InChI=1S/C7H5BrF2N2O3/c8-1-3-4(13)2-11-5(7(9)10)6(3)12(14)15/h2,7,13H,1H2. The summed E-state index contributed by atoms with van der Waals surface area (Å²) in [6, 6.07) is 0. The Morgan fingerprint density at radius 3 is 2.67 bits per heavy atom. The third kappa shape index (κ3) is 2.20. The maximum atomic E-state index is 12.4. The van der Waals surface area contributed by atoms with Gasteiger partial charge in [0.05, 0.1) is 16.7 Å². The van der Waals surface area contributed by atoms with Crippen LogP contribution in [0.3, 0.4) is 0 Å². The second kappa shape index (κ2) is 4.47. The predicted octanol–water partition coefficient (Wildman–Crippen LogP) is 2.53. The van der Waals surface area contributed by atoms with E-state index in [1.807, 2.05) is 0 Å². The molecule has 8 heteroatoms. The van der Waals surface area contributed by atoms with Gasteiger partial charge in [-0.1, -0.05) is 15.9 Å². The summed E-state index contributed by atoms with van der Waals surface area (Å²) >= 11 is 2.87. The molecular weight excluding hydrogens is 278 g/mol. The zero-order chi connectivity index (χ0) is 11.6. The lowest BCUT2D eigenvalue weighted by atomic mass is 10.2. The molecule has 1 rings (SSSR count). The van der Waals surface area contributed by atoms with Crippen LogP contribution in [0, 0.1) is 10.1 Å². The van der Waals surface area contributed by atoms with Crippen LogP contribution in [-0.2, 0) is 5.33 Å². The first kappa shape index (κ1) is 11.8. The Hall–Kier alpha value is -1.31. The third-order valence-corrected chi connectivity index (χ3v) is 2.25. The molecule has 1 heterocycles. The van der Waals surface area contributed by atoms with Crippen molar-refractivity contribution >= 4 is 21.6 Å². The van der Waals surface area contributed by atoms with Gasteiger partial charge in [-0.05, 0) is 0 Å². The van der Waals surface area contributed by atoms with E-state index >= 15 is 0 Å². The molecule has 0 aliphatic rings. The number of aromatic hydroxyl groups is 1. The van der Waals surface area contributed by atoms with Gasteiger partial charge in [0.25, 0.3) is 6.43 Å². The van der Waals surface area contributed by atoms with Crippen molar-refractivity contribution in [2.45, 2.75) is 11.8 Å². The molecule has 15 heavy (non-hydrogen) atoms. The fourth-order valence-electron chi connectivity index (χ4n) is 1.04. The minimum atomic E-state index is -3.05. The number of hydrogen-bond donors (Lipinski definition) is 1. The molecule has 0 atom stereocenters. The Labute approximate surface area is 91.0 Å². The molecule has 1 N–H and O–H groups in total. The van der Waals surface area contributed by atoms with E-state index in [0.717, 1.165) is 6.20 Å². The largest absolute Gasteiger partial charge is 0.506 e. The van der Waals surface area contributed by atoms with Crippen LogP contribution in [-0.4, -0.2) is 15.0 Å². The van der Waals surface area contributed by atoms with E-state index in [1.165, 1.54) is 0 Å². The molecule has 0 unspecified atom stereocenters. The highest BCUT2D eigenvalue weighted by Gasteiger charge is 2.29. The van der Waals surface area contributed by atoms with Crippen LogP contribution in [0.2, 0.25) is 0 Å². The molecule has 0 aliphatic heterocycles. The van der Waals surface area contributed by atoms with Gasteiger partial charge >= 0.3 is 5.69 Å². The van der Waals surface area contributed by atoms with E-state index in [0.29, 0.717) is 0 Å². The first-order chi connectivity index (χ1) is 6.99. The van der Waals surface area contributed by atoms with E-state index in [9.17, 15) is 24.0 Å². The molecule has 0 spiro atoms. The Balaban J connectivity index is 3.49. The van der Waals surface area contributed by atoms with Gasteiger partial charge in [0, 0.05) is 5.33 Å². The predicted molar refractivity (Wildman–Crippen MR) is 50.1 cm³/mol. The van der Waals surface area contributed by atoms with E-state index in [2.05, 4.69) is 20.9 Å². The maximum absolute atomic E-state index is 12.4. The number of halogens is 3. The highest BCUT2D eigenvalue weighted by atomic mass is 79.9. The normalized spacial score (nSPS) is 10.7. The summed E-state index contributed by atoms with van der Waals surface area (Å²) in [6.45, 7) is 0. The van der Waals surface area contributed by atoms with Crippen LogP contribution in [0.4, 0.5) is 14.5 Å². The average molecular weight is 283 g/mol. The van der Waals surface area contributed by atoms with E-state index in [1.54, 1.807) is 0 Å². The molecule has 1 aromatic rings. The highest BCUT2D eigenvalue weighted by Crippen LogP contribution is 2.35. The second-order valence-corrected chi connectivity index (χ2v) is 3.11. The number of aromatic nitrogens is 1. The van der Waals surface area contributed by atoms with Crippen molar-refractivity contribution < 1.29 is 18.8 Å². The molecule has 5 nitrogen and oxygen atoms in total. The zero-order valence-electron chi connectivity index (χ0n) is 7.15. The van der Waals surface area contributed by atoms with Gasteiger partial charge in [0.1, 0.15) is 5.75 Å². The fraction of sp³-hybridized carbons (Fsp3) is 0.286. The molecule has 0 bridgehead atoms. The smallest absolute Gasteiger partial charge is 0.304 e. The second-order valence-electron chi connectivity index (χ2n) is 2.55. The monoisotopic (exact) mass is 282 g/mol. The van der Waals surface area contributed by atoms with Crippen LogP contribution < -0.4 is 0 Å². The van der Waals surface area contributed by atoms with Crippen LogP contribution in [0.5, 0.6) is 5.75 Å². The van der Waals surface area contributed by atoms with Gasteiger partial charge in [-0.2, -0.15) is 0 Å². The van der Waals surface area contributed by atoms with E-state index in [-0.39, 0.29) is 10.9 Å². The Kier molecular flexibility index (Phi) is 3.51. The summed E-state index contributed by atoms with van der Waals surface area (Å²) in [4.78, 5) is 12.7. The van der Waals surface area contributed by atoms with Crippen molar-refractivity contribution in [3.8, 4) is 5.75 Å². The van der Waals surface area contributed by atoms with Gasteiger partial charge in [-0.15, -0.1) is 0 Å². The number of nitro groups is 1. The quantitative estimate of drug-likeness (QED) is 0.525. The number of nitrogens with zero attached hydrogens (tertiary/aromatic N) is 2. The summed E-state index contributed by atoms with van der Waals surface area (Å²) in [5, 5.41) is 19.7. The van der Waals surface area contributed by atoms with Crippen LogP contribution >= 0.6 is 15.9 Å². The molecule has 82 valence electrons. The SMILES string of the molecule is O=[N+]([O-])c1c(C(F)F)ncc(O)c1CBr. The average Bonchev–Trinajstić information content (AvgIpc) is 2.16. The van der Waals surface area contributed by atoms with Gasteiger partial charge in [0.15, 0.2) is 5.69 Å². The first-order valence-corrected chi connectivity index (χ1v) is 4.80. The van der Waals surface area contributed by atoms with Crippen molar-refractivity contribution in [2.75, 3.05) is 0 Å². The molecule has 0 saturated heterocycles. The van der Waals surface area contributed by atoms with Crippen LogP contribution in [0.25, 0.3) is 0 Å². The molecule has 1 aromatic heterocycles. The number of pyridine rings is 1. The van der Waals surface area contributed by atoms with E-state index in [4.69, 9.17) is 0 Å². The van der Waals surface area contributed by atoms with Crippen molar-refractivity contribution in [3.63, 3.8) is 0 Å². The van der Waals surface area contributed by atoms with Crippen LogP contribution in [0.15, 0.2) is 6.20 Å². The summed E-state index contributed by atoms with van der Waals surface area (Å²) in [7, 11) is 0. The summed E-state index contributed by atoms with van der Waals surface area (Å²) in [6.07, 6.45) is -2.28. The molecule has 0 fully saturated rings. The first-order valence-electron chi connectivity index (χ1n) is 3.68. The lowest BCUT2D eigenvalue weighted by molar-refractivity contribution is -0.387. The molecule has 0 amide bonds. The molecule has 0 aliphatic carbocycles. The van der Waals surface area contributed by atoms with Gasteiger partial charge in [-0.3, -0.25) is 10.1 Å². The third-order valence-electron chi connectivity index (χ3n) is 1.69. The van der Waals surface area contributed by atoms with Gasteiger partial charge in [0.2, 0.25) is 0 Å². The van der Waals surface area contributed by atoms with Gasteiger partial charge in [-0.25, -0.2) is 13.8 Å². The molecular formula is C7H5BrF2N2O3. The molecule has 0 saturated carbocycles. The lowest BCUT2D eigenvalue weighted by Gasteiger charge is -2.05. The zero-order valence-corrected chi connectivity index (χ0v) is 8.74. The van der Waals surface area contributed by atoms with Gasteiger partial charge < -0.3 is 5.11 Å². The fourth-order valence-corrected chi connectivity index (χ4v) is 1.59. The summed E-state index contributed by atoms with van der Waals surface area (Å²) < 4.78 is 24.7. The van der Waals surface area contributed by atoms with Crippen LogP contribution in [0.1, 0.15) is 17.7 Å². The molecule has 0 aromatic carbocycles. The van der Waals surface area contributed by atoms with Crippen molar-refractivity contribution in [3.05, 3.63) is 27.6 Å². The van der Waals surface area contributed by atoms with E-state index < -0.39 is 28.5 Å². The maximum Gasteiger partial charge on any atom is 0.304 e. The van der Waals surface area contributed by atoms with Crippen molar-refractivity contribution in [1.82, 2.24) is 4.98 Å². The minimum absolute atomic E-state index is 0.0998. The van der Waals surface area contributed by atoms with Crippen molar-refractivity contribution in [1.29, 1.82) is 0 Å². The minimum Gasteiger partial charge on any atom is -0.506 e. The number of rotatable bonds is 3. The number of hydrogen-bond acceptors (Lipinski definition) is 4. The number of alkyl halides is 3. The van der Waals surface area contributed by atoms with Crippen molar-refractivity contribution in [2.24, 2.45) is 0 Å². The highest BCUT2D eigenvalue weighted by molar-refractivity contribution is 9.08. The summed E-state index contributed by atoms with van der Waals surface area (Å²) in [5.74, 6) is -0.483. The topological polar surface area (TPSA) is 76.3 Å². The summed E-state index contributed by atoms with van der Waals surface area (Å²) in [5.41, 5.74) is -1.99. The Morgan fingerprint density at radius 1 is 1.67 bits per heavy atom. The molecule has 0 radical (unpaired) electrons. The Morgan fingerprint density at radius 2 is 2.27 bits per heavy atom. The Bertz CT molecular complexity index is 400.